The molecule has 1 aliphatic heterocycles. The predicted molar refractivity (Wildman–Crippen MR) is 104 cm³/mol. The second-order valence-electron chi connectivity index (χ2n) is 6.04. The van der Waals surface area contributed by atoms with Crippen LogP contribution in [-0.4, -0.2) is 16.0 Å². The van der Waals surface area contributed by atoms with Gasteiger partial charge in [-0.05, 0) is 49.2 Å². The van der Waals surface area contributed by atoms with Crippen molar-refractivity contribution in [2.75, 3.05) is 10.2 Å². The lowest BCUT2D eigenvalue weighted by Crippen LogP contribution is -2.25. The van der Waals surface area contributed by atoms with Gasteiger partial charge in [-0.25, -0.2) is 4.98 Å². The number of nitrogens with one attached hydrogen (secondary N) is 1. The van der Waals surface area contributed by atoms with E-state index in [-0.39, 0.29) is 0 Å². The van der Waals surface area contributed by atoms with E-state index in [1.54, 1.807) is 18.3 Å². The lowest BCUT2D eigenvalue weighted by Gasteiger charge is -2.24. The number of para-hydroxylation sites is 1. The molecule has 4 nitrogen and oxygen atoms in total. The summed E-state index contributed by atoms with van der Waals surface area (Å²) in [5, 5.41) is 4.28. The first-order valence-electron chi connectivity index (χ1n) is 8.04. The van der Waals surface area contributed by atoms with E-state index in [1.807, 2.05) is 12.1 Å². The van der Waals surface area contributed by atoms with Crippen molar-refractivity contribution in [1.82, 2.24) is 9.97 Å². The van der Waals surface area contributed by atoms with Gasteiger partial charge in [-0.2, -0.15) is 4.98 Å². The maximum atomic E-state index is 6.22. The third-order valence-electron chi connectivity index (χ3n) is 4.27. The Morgan fingerprint density at radius 1 is 1.12 bits per heavy atom. The normalized spacial score (nSPS) is 16.0. The van der Waals surface area contributed by atoms with Gasteiger partial charge in [0.2, 0.25) is 5.95 Å². The topological polar surface area (TPSA) is 41.1 Å². The molecule has 0 fully saturated rings. The number of anilines is 4. The second-order valence-corrected chi connectivity index (χ2v) is 6.88. The smallest absolute Gasteiger partial charge is 0.229 e. The summed E-state index contributed by atoms with van der Waals surface area (Å²) in [5.41, 5.74) is 3.26. The van der Waals surface area contributed by atoms with Gasteiger partial charge in [0.05, 0.1) is 10.7 Å². The highest BCUT2D eigenvalue weighted by Gasteiger charge is 2.27. The number of nitrogens with zero attached hydrogens (tertiary/aromatic N) is 3. The summed E-state index contributed by atoms with van der Waals surface area (Å²) < 4.78 is 0. The summed E-state index contributed by atoms with van der Waals surface area (Å²) in [5.74, 6) is 1.36. The van der Waals surface area contributed by atoms with Crippen molar-refractivity contribution in [3.63, 3.8) is 0 Å². The van der Waals surface area contributed by atoms with Gasteiger partial charge < -0.3 is 10.2 Å². The molecule has 0 spiro atoms. The van der Waals surface area contributed by atoms with Gasteiger partial charge in [-0.15, -0.1) is 0 Å². The molecule has 0 saturated heterocycles. The van der Waals surface area contributed by atoms with Crippen molar-refractivity contribution >= 4 is 46.3 Å². The largest absolute Gasteiger partial charge is 0.323 e. The molecule has 126 valence electrons. The van der Waals surface area contributed by atoms with E-state index < -0.39 is 0 Å². The summed E-state index contributed by atoms with van der Waals surface area (Å²) in [6.07, 6.45) is 2.76. The minimum absolute atomic E-state index is 0.347. The van der Waals surface area contributed by atoms with Gasteiger partial charge in [-0.1, -0.05) is 41.4 Å². The van der Waals surface area contributed by atoms with Crippen molar-refractivity contribution in [3.05, 3.63) is 70.3 Å². The van der Waals surface area contributed by atoms with E-state index in [9.17, 15) is 0 Å². The molecule has 4 rings (SSSR count). The summed E-state index contributed by atoms with van der Waals surface area (Å²) in [6, 6.07) is 16.0. The Labute approximate surface area is 156 Å². The van der Waals surface area contributed by atoms with Crippen molar-refractivity contribution in [1.29, 1.82) is 0 Å². The quantitative estimate of drug-likeness (QED) is 0.650. The van der Waals surface area contributed by atoms with E-state index in [0.29, 0.717) is 22.0 Å². The molecule has 6 heteroatoms. The van der Waals surface area contributed by atoms with Crippen LogP contribution in [0, 0.1) is 0 Å². The van der Waals surface area contributed by atoms with Crippen LogP contribution in [0.25, 0.3) is 0 Å². The first-order valence-corrected chi connectivity index (χ1v) is 8.79. The highest BCUT2D eigenvalue weighted by molar-refractivity contribution is 6.36. The number of hydrogen-bond donors (Lipinski definition) is 1. The molecule has 0 saturated carbocycles. The molecule has 1 unspecified atom stereocenters. The van der Waals surface area contributed by atoms with E-state index in [0.717, 1.165) is 17.9 Å². The molecule has 1 N–H and O–H groups in total. The molecule has 25 heavy (non-hydrogen) atoms. The van der Waals surface area contributed by atoms with E-state index in [4.69, 9.17) is 23.2 Å². The molecule has 3 aromatic rings. The van der Waals surface area contributed by atoms with Gasteiger partial charge in [0.25, 0.3) is 0 Å². The maximum Gasteiger partial charge on any atom is 0.229 e. The summed E-state index contributed by atoms with van der Waals surface area (Å²) in [7, 11) is 0. The molecule has 0 radical (unpaired) electrons. The van der Waals surface area contributed by atoms with Gasteiger partial charge in [-0.3, -0.25) is 0 Å². The lowest BCUT2D eigenvalue weighted by molar-refractivity contribution is 0.749. The van der Waals surface area contributed by atoms with E-state index >= 15 is 0 Å². The minimum atomic E-state index is 0.347. The van der Waals surface area contributed by atoms with Crippen LogP contribution in [0.2, 0.25) is 10.0 Å². The zero-order valence-corrected chi connectivity index (χ0v) is 15.1. The van der Waals surface area contributed by atoms with Crippen molar-refractivity contribution in [3.8, 4) is 0 Å². The number of halogens is 2. The van der Waals surface area contributed by atoms with Crippen LogP contribution < -0.4 is 10.2 Å². The fourth-order valence-electron chi connectivity index (χ4n) is 3.17. The van der Waals surface area contributed by atoms with Crippen LogP contribution in [0.4, 0.5) is 23.1 Å². The average Bonchev–Trinajstić information content (AvgIpc) is 2.93. The van der Waals surface area contributed by atoms with Crippen LogP contribution in [0.3, 0.4) is 0 Å². The zero-order valence-electron chi connectivity index (χ0n) is 13.6. The lowest BCUT2D eigenvalue weighted by atomic mass is 10.1. The monoisotopic (exact) mass is 370 g/mol. The van der Waals surface area contributed by atoms with Gasteiger partial charge in [0.1, 0.15) is 5.82 Å². The number of benzene rings is 2. The Hall–Kier alpha value is -2.30. The second kappa shape index (κ2) is 6.54. The van der Waals surface area contributed by atoms with Gasteiger partial charge >= 0.3 is 0 Å². The van der Waals surface area contributed by atoms with Gasteiger partial charge in [0.15, 0.2) is 0 Å². The third kappa shape index (κ3) is 3.15. The SMILES string of the molecule is CC1Cc2ccccc2N1c1ccnc(Nc2ccc(Cl)cc2Cl)n1. The fourth-order valence-corrected chi connectivity index (χ4v) is 3.63. The molecule has 0 amide bonds. The van der Waals surface area contributed by atoms with E-state index in [1.165, 1.54) is 11.3 Å². The highest BCUT2D eigenvalue weighted by Crippen LogP contribution is 2.37. The van der Waals surface area contributed by atoms with Crippen molar-refractivity contribution < 1.29 is 0 Å². The van der Waals surface area contributed by atoms with Crippen molar-refractivity contribution in [2.45, 2.75) is 19.4 Å². The Balaban J connectivity index is 1.66. The molecular weight excluding hydrogens is 355 g/mol. The predicted octanol–water partition coefficient (Wildman–Crippen LogP) is 5.61. The van der Waals surface area contributed by atoms with E-state index in [2.05, 4.69) is 51.4 Å². The molecule has 2 heterocycles. The Kier molecular flexibility index (Phi) is 4.24. The van der Waals surface area contributed by atoms with Crippen LogP contribution in [-0.2, 0) is 6.42 Å². The van der Waals surface area contributed by atoms with Crippen molar-refractivity contribution in [2.24, 2.45) is 0 Å². The first kappa shape index (κ1) is 16.2. The molecule has 0 aliphatic carbocycles. The van der Waals surface area contributed by atoms with Crippen LogP contribution in [0.1, 0.15) is 12.5 Å². The number of hydrogen-bond acceptors (Lipinski definition) is 4. The molecule has 0 bridgehead atoms. The molecule has 2 aromatic carbocycles. The fraction of sp³-hybridized carbons (Fsp3) is 0.158. The Morgan fingerprint density at radius 3 is 2.80 bits per heavy atom. The molecule has 1 aliphatic rings. The molecule has 1 atom stereocenters. The van der Waals surface area contributed by atoms with Crippen LogP contribution in [0.5, 0.6) is 0 Å². The highest BCUT2D eigenvalue weighted by atomic mass is 35.5. The molecular formula is C19H16Cl2N4. The minimum Gasteiger partial charge on any atom is -0.323 e. The first-order chi connectivity index (χ1) is 12.1. The summed E-state index contributed by atoms with van der Waals surface area (Å²) in [6.45, 7) is 2.20. The molecule has 1 aromatic heterocycles. The number of fused-ring (bicyclic) bond motifs is 1. The Bertz CT molecular complexity index is 929. The number of rotatable bonds is 3. The maximum absolute atomic E-state index is 6.22. The Morgan fingerprint density at radius 2 is 1.96 bits per heavy atom. The third-order valence-corrected chi connectivity index (χ3v) is 4.82. The van der Waals surface area contributed by atoms with Gasteiger partial charge in [0, 0.05) is 22.9 Å². The van der Waals surface area contributed by atoms with Crippen LogP contribution >= 0.6 is 23.2 Å². The average molecular weight is 371 g/mol. The summed E-state index contributed by atoms with van der Waals surface area (Å²) in [4.78, 5) is 11.2. The van der Waals surface area contributed by atoms with Crippen LogP contribution in [0.15, 0.2) is 54.7 Å². The zero-order chi connectivity index (χ0) is 17.4. The standard InChI is InChI=1S/C19H16Cl2N4/c1-12-10-13-4-2-3-5-17(13)25(12)18-8-9-22-19(24-18)23-16-7-6-14(20)11-15(16)21/h2-9,11-12H,10H2,1H3,(H,22,23,24). The number of aromatic nitrogens is 2. The summed E-state index contributed by atoms with van der Waals surface area (Å²) >= 11 is 12.2.